The third kappa shape index (κ3) is 8.19. The number of hydrogen-bond acceptors (Lipinski definition) is 5. The van der Waals surface area contributed by atoms with Crippen LogP contribution in [0.5, 0.6) is 0 Å². The van der Waals surface area contributed by atoms with Crippen LogP contribution in [0.15, 0.2) is 60.9 Å². The van der Waals surface area contributed by atoms with Crippen molar-refractivity contribution in [1.82, 2.24) is 20.6 Å². The van der Waals surface area contributed by atoms with Crippen LogP contribution in [-0.4, -0.2) is 52.3 Å². The number of aromatic amines is 2. The molecule has 0 unspecified atom stereocenters. The molecular weight excluding hydrogens is 498 g/mol. The summed E-state index contributed by atoms with van der Waals surface area (Å²) >= 11 is 0. The van der Waals surface area contributed by atoms with Gasteiger partial charge in [0.1, 0.15) is 12.1 Å². The molecule has 6 N–H and O–H groups in total. The minimum absolute atomic E-state index is 0.242. The summed E-state index contributed by atoms with van der Waals surface area (Å²) < 4.78 is 5.15. The van der Waals surface area contributed by atoms with E-state index in [9.17, 15) is 19.2 Å². The second kappa shape index (κ2) is 13.8. The first-order valence-electron chi connectivity index (χ1n) is 12.8. The number of nitrogens with one attached hydrogen (secondary N) is 4. The van der Waals surface area contributed by atoms with Gasteiger partial charge >= 0.3 is 5.97 Å². The minimum atomic E-state index is -0.679. The molecule has 0 radical (unpaired) electrons. The monoisotopic (exact) mass is 533 g/mol. The molecule has 2 aromatic heterocycles. The van der Waals surface area contributed by atoms with E-state index in [1.54, 1.807) is 0 Å². The molecule has 0 aliphatic carbocycles. The Morgan fingerprint density at radius 3 is 1.72 bits per heavy atom. The molecule has 0 saturated carbocycles. The molecule has 0 bridgehead atoms. The van der Waals surface area contributed by atoms with Crippen LogP contribution in [0.1, 0.15) is 38.3 Å². The zero-order valence-electron chi connectivity index (χ0n) is 22.4. The summed E-state index contributed by atoms with van der Waals surface area (Å²) in [5.74, 6) is -1.43. The van der Waals surface area contributed by atoms with E-state index in [0.29, 0.717) is 19.4 Å². The fourth-order valence-corrected chi connectivity index (χ4v) is 4.25. The van der Waals surface area contributed by atoms with E-state index in [1.165, 1.54) is 13.8 Å². The molecule has 2 atom stereocenters. The van der Waals surface area contributed by atoms with Crippen molar-refractivity contribution in [3.63, 3.8) is 0 Å². The van der Waals surface area contributed by atoms with Gasteiger partial charge in [-0.3, -0.25) is 14.4 Å². The summed E-state index contributed by atoms with van der Waals surface area (Å²) in [4.78, 5) is 52.0. The molecule has 0 aliphatic heterocycles. The number of amides is 3. The Kier molecular flexibility index (Phi) is 10.3. The maximum absolute atomic E-state index is 12.1. The predicted molar refractivity (Wildman–Crippen MR) is 150 cm³/mol. The number of aromatic nitrogens is 2. The van der Waals surface area contributed by atoms with Crippen molar-refractivity contribution in [1.29, 1.82) is 0 Å². The SMILES string of the molecule is CC(=O)N[C@@H](Cc1c[nH]c2ccccc12)C(N)=O.CCCOC(=O)[C@H](Cc1c[nH]c2ccccc12)NC(C)=O. The Bertz CT molecular complexity index is 1440. The number of para-hydroxylation sites is 2. The summed E-state index contributed by atoms with van der Waals surface area (Å²) in [7, 11) is 0. The van der Waals surface area contributed by atoms with Gasteiger partial charge in [-0.05, 0) is 29.7 Å². The van der Waals surface area contributed by atoms with Crippen molar-refractivity contribution in [2.45, 2.75) is 52.1 Å². The van der Waals surface area contributed by atoms with Crippen LogP contribution in [0.2, 0.25) is 0 Å². The summed E-state index contributed by atoms with van der Waals surface area (Å²) in [5, 5.41) is 7.31. The third-order valence-corrected chi connectivity index (χ3v) is 6.03. The maximum Gasteiger partial charge on any atom is 0.328 e. The number of ether oxygens (including phenoxy) is 1. The number of nitrogens with two attached hydrogens (primary N) is 1. The number of benzene rings is 2. The van der Waals surface area contributed by atoms with Gasteiger partial charge < -0.3 is 31.1 Å². The summed E-state index contributed by atoms with van der Waals surface area (Å²) in [5.41, 5.74) is 9.24. The summed E-state index contributed by atoms with van der Waals surface area (Å²) in [6.07, 6.45) is 5.26. The van der Waals surface area contributed by atoms with Gasteiger partial charge in [0, 0.05) is 60.9 Å². The van der Waals surface area contributed by atoms with Gasteiger partial charge in [0.05, 0.1) is 6.61 Å². The molecule has 2 heterocycles. The molecule has 4 rings (SSSR count). The number of rotatable bonds is 10. The van der Waals surface area contributed by atoms with Gasteiger partial charge in [0.2, 0.25) is 17.7 Å². The van der Waals surface area contributed by atoms with Crippen molar-refractivity contribution < 1.29 is 23.9 Å². The lowest BCUT2D eigenvalue weighted by molar-refractivity contribution is -0.147. The van der Waals surface area contributed by atoms with Crippen LogP contribution in [-0.2, 0) is 36.8 Å². The Morgan fingerprint density at radius 2 is 1.26 bits per heavy atom. The van der Waals surface area contributed by atoms with Crippen molar-refractivity contribution in [2.24, 2.45) is 5.73 Å². The first-order valence-corrected chi connectivity index (χ1v) is 12.8. The van der Waals surface area contributed by atoms with Gasteiger partial charge in [-0.25, -0.2) is 4.79 Å². The van der Waals surface area contributed by atoms with Crippen LogP contribution >= 0.6 is 0 Å². The van der Waals surface area contributed by atoms with E-state index < -0.39 is 24.0 Å². The molecular formula is C29H35N5O5. The van der Waals surface area contributed by atoms with Gasteiger partial charge in [-0.2, -0.15) is 0 Å². The Hall–Kier alpha value is -4.60. The topological polar surface area (TPSA) is 159 Å². The largest absolute Gasteiger partial charge is 0.464 e. The third-order valence-electron chi connectivity index (χ3n) is 6.03. The number of hydrogen-bond donors (Lipinski definition) is 5. The fourth-order valence-electron chi connectivity index (χ4n) is 4.25. The average Bonchev–Trinajstić information content (AvgIpc) is 3.50. The smallest absolute Gasteiger partial charge is 0.328 e. The molecule has 206 valence electrons. The van der Waals surface area contributed by atoms with Gasteiger partial charge in [-0.15, -0.1) is 0 Å². The lowest BCUT2D eigenvalue weighted by Crippen LogP contribution is -2.44. The van der Waals surface area contributed by atoms with Crippen molar-refractivity contribution in [3.8, 4) is 0 Å². The van der Waals surface area contributed by atoms with E-state index >= 15 is 0 Å². The van der Waals surface area contributed by atoms with Crippen molar-refractivity contribution in [3.05, 3.63) is 72.1 Å². The fraction of sp³-hybridized carbons (Fsp3) is 0.310. The van der Waals surface area contributed by atoms with Crippen LogP contribution in [0.4, 0.5) is 0 Å². The molecule has 4 aromatic rings. The lowest BCUT2D eigenvalue weighted by atomic mass is 10.0. The second-order valence-corrected chi connectivity index (χ2v) is 9.20. The molecule has 10 nitrogen and oxygen atoms in total. The van der Waals surface area contributed by atoms with Crippen molar-refractivity contribution >= 4 is 45.5 Å². The van der Waals surface area contributed by atoms with Crippen LogP contribution < -0.4 is 16.4 Å². The Labute approximate surface area is 226 Å². The van der Waals surface area contributed by atoms with Gasteiger partial charge in [-0.1, -0.05) is 43.3 Å². The average molecular weight is 534 g/mol. The second-order valence-electron chi connectivity index (χ2n) is 9.20. The summed E-state index contributed by atoms with van der Waals surface area (Å²) in [6.45, 7) is 5.06. The highest BCUT2D eigenvalue weighted by molar-refractivity contribution is 5.88. The molecule has 0 aliphatic rings. The predicted octanol–water partition coefficient (Wildman–Crippen LogP) is 2.87. The number of esters is 1. The van der Waals surface area contributed by atoms with E-state index in [-0.39, 0.29) is 11.8 Å². The van der Waals surface area contributed by atoms with E-state index in [1.807, 2.05) is 67.8 Å². The van der Waals surface area contributed by atoms with E-state index in [0.717, 1.165) is 39.4 Å². The maximum atomic E-state index is 12.1. The highest BCUT2D eigenvalue weighted by atomic mass is 16.5. The highest BCUT2D eigenvalue weighted by Crippen LogP contribution is 2.20. The van der Waals surface area contributed by atoms with Crippen LogP contribution in [0, 0.1) is 0 Å². The van der Waals surface area contributed by atoms with Gasteiger partial charge in [0.25, 0.3) is 0 Å². The molecule has 10 heteroatoms. The van der Waals surface area contributed by atoms with Gasteiger partial charge in [0.15, 0.2) is 0 Å². The highest BCUT2D eigenvalue weighted by Gasteiger charge is 2.23. The molecule has 0 saturated heterocycles. The lowest BCUT2D eigenvalue weighted by Gasteiger charge is -2.16. The first-order chi connectivity index (χ1) is 18.7. The number of fused-ring (bicyclic) bond motifs is 2. The van der Waals surface area contributed by atoms with Crippen LogP contribution in [0.25, 0.3) is 21.8 Å². The van der Waals surface area contributed by atoms with Crippen LogP contribution in [0.3, 0.4) is 0 Å². The number of carbonyl (C=O) groups is 4. The molecule has 0 fully saturated rings. The molecule has 39 heavy (non-hydrogen) atoms. The Morgan fingerprint density at radius 1 is 0.795 bits per heavy atom. The number of H-pyrrole nitrogens is 2. The normalized spacial score (nSPS) is 12.2. The number of carbonyl (C=O) groups excluding carboxylic acids is 4. The van der Waals surface area contributed by atoms with Crippen molar-refractivity contribution in [2.75, 3.05) is 6.61 Å². The van der Waals surface area contributed by atoms with E-state index in [4.69, 9.17) is 10.5 Å². The minimum Gasteiger partial charge on any atom is -0.464 e. The molecule has 0 spiro atoms. The molecule has 2 aromatic carbocycles. The Balaban J connectivity index is 0.000000218. The first kappa shape index (κ1) is 29.0. The standard InChI is InChI=1S/C16H20N2O3.C13H15N3O2/c1-3-8-21-16(20)15(18-11(2)19)9-12-10-17-14-7-5-4-6-13(12)14;1-8(17)16-12(13(14)18)6-9-7-15-11-5-3-2-4-10(9)11/h4-7,10,15,17H,3,8-9H2,1-2H3,(H,18,19);2-5,7,12,15H,6H2,1H3,(H2,14,18)(H,16,17)/t15-;12-/m00/s1. The number of primary amides is 1. The van der Waals surface area contributed by atoms with E-state index in [2.05, 4.69) is 20.6 Å². The molecule has 3 amide bonds. The zero-order valence-corrected chi connectivity index (χ0v) is 22.4. The quantitative estimate of drug-likeness (QED) is 0.198. The summed E-state index contributed by atoms with van der Waals surface area (Å²) in [6, 6.07) is 14.3. The zero-order chi connectivity index (χ0) is 28.4.